The molecule has 0 aliphatic heterocycles. The Morgan fingerprint density at radius 2 is 1.52 bits per heavy atom. The van der Waals surface area contributed by atoms with Gasteiger partial charge in [-0.25, -0.2) is 9.67 Å². The minimum Gasteiger partial charge on any atom is -0.327 e. The molecule has 6 nitrogen and oxygen atoms in total. The number of rotatable bonds is 4. The third-order valence-electron chi connectivity index (χ3n) is 7.63. The van der Waals surface area contributed by atoms with E-state index in [1.54, 1.807) is 0 Å². The van der Waals surface area contributed by atoms with Gasteiger partial charge in [0.1, 0.15) is 5.82 Å². The van der Waals surface area contributed by atoms with E-state index in [1.807, 2.05) is 53.6 Å². The zero-order valence-electron chi connectivity index (χ0n) is 21.8. The average Bonchev–Trinajstić information content (AvgIpc) is 3.74. The molecule has 0 amide bonds. The molecule has 0 aliphatic rings. The van der Waals surface area contributed by atoms with Crippen LogP contribution < -0.4 is 0 Å². The lowest BCUT2D eigenvalue weighted by Gasteiger charge is -2.11. The summed E-state index contributed by atoms with van der Waals surface area (Å²) in [7, 11) is 2.08. The molecule has 190 valence electrons. The Kier molecular flexibility index (Phi) is 4.94. The second kappa shape index (κ2) is 8.78. The van der Waals surface area contributed by atoms with Gasteiger partial charge in [0.05, 0.1) is 33.4 Å². The first-order chi connectivity index (χ1) is 19.8. The number of para-hydroxylation sites is 2. The van der Waals surface area contributed by atoms with E-state index in [9.17, 15) is 0 Å². The molecular formula is C34H24N6. The van der Waals surface area contributed by atoms with Crippen molar-refractivity contribution >= 4 is 32.8 Å². The van der Waals surface area contributed by atoms with E-state index in [0.717, 1.165) is 66.9 Å². The van der Waals surface area contributed by atoms with Crippen molar-refractivity contribution in [2.75, 3.05) is 0 Å². The van der Waals surface area contributed by atoms with Crippen LogP contribution in [-0.4, -0.2) is 28.9 Å². The standard InChI is InChI=1S/C34H24N6/c1-38-29-13-3-2-12-28(29)37-34(38)24-16-17-26-32(22-24)40(25-10-6-9-23(21-25)27-11-4-5-18-35-27)31-15-7-14-30(33(26)31)39-20-8-19-36-39/h2-22H,1H3. The topological polar surface area (TPSA) is 53.5 Å². The number of aryl methyl sites for hydroxylation is 1. The Labute approximate surface area is 230 Å². The van der Waals surface area contributed by atoms with Gasteiger partial charge in [0.2, 0.25) is 0 Å². The molecule has 6 heteroatoms. The Hall–Kier alpha value is -5.49. The van der Waals surface area contributed by atoms with Crippen LogP contribution in [0.5, 0.6) is 0 Å². The van der Waals surface area contributed by atoms with Gasteiger partial charge in [-0.1, -0.05) is 48.5 Å². The highest BCUT2D eigenvalue weighted by Crippen LogP contribution is 2.38. The predicted octanol–water partition coefficient (Wildman–Crippen LogP) is 7.59. The summed E-state index contributed by atoms with van der Waals surface area (Å²) in [6, 6.07) is 37.9. The minimum atomic E-state index is 0.939. The lowest BCUT2D eigenvalue weighted by atomic mass is 10.1. The summed E-state index contributed by atoms with van der Waals surface area (Å²) in [6.45, 7) is 0. The van der Waals surface area contributed by atoms with Crippen LogP contribution in [0.15, 0.2) is 128 Å². The lowest BCUT2D eigenvalue weighted by molar-refractivity contribution is 0.888. The molecule has 0 unspecified atom stereocenters. The molecule has 0 N–H and O–H groups in total. The van der Waals surface area contributed by atoms with E-state index in [4.69, 9.17) is 4.98 Å². The molecule has 0 saturated carbocycles. The van der Waals surface area contributed by atoms with Crippen molar-refractivity contribution in [3.8, 4) is 34.0 Å². The molecule has 0 bridgehead atoms. The van der Waals surface area contributed by atoms with Gasteiger partial charge in [0.25, 0.3) is 0 Å². The van der Waals surface area contributed by atoms with Crippen molar-refractivity contribution in [2.24, 2.45) is 7.05 Å². The summed E-state index contributed by atoms with van der Waals surface area (Å²) >= 11 is 0. The second-order valence-electron chi connectivity index (χ2n) is 9.94. The largest absolute Gasteiger partial charge is 0.327 e. The van der Waals surface area contributed by atoms with Crippen molar-refractivity contribution in [2.45, 2.75) is 0 Å². The van der Waals surface area contributed by atoms with Crippen molar-refractivity contribution in [3.63, 3.8) is 0 Å². The van der Waals surface area contributed by atoms with Crippen molar-refractivity contribution in [3.05, 3.63) is 128 Å². The summed E-state index contributed by atoms with van der Waals surface area (Å²) in [5.41, 5.74) is 9.53. The minimum absolute atomic E-state index is 0.939. The maximum absolute atomic E-state index is 4.99. The highest BCUT2D eigenvalue weighted by molar-refractivity contribution is 6.14. The normalized spacial score (nSPS) is 11.6. The molecule has 4 heterocycles. The van der Waals surface area contributed by atoms with Gasteiger partial charge in [0, 0.05) is 53.2 Å². The summed E-state index contributed by atoms with van der Waals surface area (Å²) in [6.07, 6.45) is 5.65. The average molecular weight is 517 g/mol. The van der Waals surface area contributed by atoms with Gasteiger partial charge < -0.3 is 9.13 Å². The Bertz CT molecular complexity index is 2170. The van der Waals surface area contributed by atoms with E-state index in [2.05, 4.69) is 105 Å². The molecule has 4 aromatic carbocycles. The van der Waals surface area contributed by atoms with Gasteiger partial charge in [-0.15, -0.1) is 0 Å². The Balaban J connectivity index is 1.44. The van der Waals surface area contributed by atoms with Crippen LogP contribution in [0.3, 0.4) is 0 Å². The summed E-state index contributed by atoms with van der Waals surface area (Å²) < 4.78 is 6.45. The number of hydrogen-bond acceptors (Lipinski definition) is 3. The van der Waals surface area contributed by atoms with Crippen LogP contribution >= 0.6 is 0 Å². The van der Waals surface area contributed by atoms with Crippen molar-refractivity contribution in [1.29, 1.82) is 0 Å². The number of pyridine rings is 1. The predicted molar refractivity (Wildman–Crippen MR) is 161 cm³/mol. The fourth-order valence-electron chi connectivity index (χ4n) is 5.81. The van der Waals surface area contributed by atoms with Gasteiger partial charge >= 0.3 is 0 Å². The van der Waals surface area contributed by atoms with Crippen LogP contribution in [0.4, 0.5) is 0 Å². The highest BCUT2D eigenvalue weighted by atomic mass is 15.3. The number of hydrogen-bond donors (Lipinski definition) is 0. The molecule has 4 aromatic heterocycles. The number of nitrogens with zero attached hydrogens (tertiary/aromatic N) is 6. The Morgan fingerprint density at radius 1 is 0.650 bits per heavy atom. The third kappa shape index (κ3) is 3.39. The summed E-state index contributed by atoms with van der Waals surface area (Å²) in [5, 5.41) is 6.88. The zero-order chi connectivity index (χ0) is 26.6. The van der Waals surface area contributed by atoms with Crippen molar-refractivity contribution in [1.82, 2.24) is 28.9 Å². The smallest absolute Gasteiger partial charge is 0.140 e. The number of benzene rings is 4. The first kappa shape index (κ1) is 22.5. The lowest BCUT2D eigenvalue weighted by Crippen LogP contribution is -1.97. The molecule has 0 spiro atoms. The third-order valence-corrected chi connectivity index (χ3v) is 7.63. The molecule has 8 aromatic rings. The second-order valence-corrected chi connectivity index (χ2v) is 9.94. The van der Waals surface area contributed by atoms with Gasteiger partial charge in [-0.2, -0.15) is 5.10 Å². The summed E-state index contributed by atoms with van der Waals surface area (Å²) in [5.74, 6) is 0.939. The zero-order valence-corrected chi connectivity index (χ0v) is 21.8. The molecular weight excluding hydrogens is 492 g/mol. The Morgan fingerprint density at radius 3 is 2.38 bits per heavy atom. The SMILES string of the molecule is Cn1c(-c2ccc3c4c(-n5cccn5)cccc4n(-c4cccc(-c5ccccn5)c4)c3c2)nc2ccccc21. The first-order valence-corrected chi connectivity index (χ1v) is 13.3. The summed E-state index contributed by atoms with van der Waals surface area (Å²) in [4.78, 5) is 9.59. The molecule has 40 heavy (non-hydrogen) atoms. The molecule has 0 radical (unpaired) electrons. The van der Waals surface area contributed by atoms with Crippen LogP contribution in [0.1, 0.15) is 0 Å². The fourth-order valence-corrected chi connectivity index (χ4v) is 5.81. The number of imidazole rings is 1. The number of fused-ring (bicyclic) bond motifs is 4. The fraction of sp³-hybridized carbons (Fsp3) is 0.0294. The van der Waals surface area contributed by atoms with Gasteiger partial charge in [-0.3, -0.25) is 4.98 Å². The molecule has 8 rings (SSSR count). The molecule has 0 saturated heterocycles. The highest BCUT2D eigenvalue weighted by Gasteiger charge is 2.19. The quantitative estimate of drug-likeness (QED) is 0.242. The van der Waals surface area contributed by atoms with Crippen molar-refractivity contribution < 1.29 is 0 Å². The van der Waals surface area contributed by atoms with Gasteiger partial charge in [0.15, 0.2) is 0 Å². The van der Waals surface area contributed by atoms with E-state index < -0.39 is 0 Å². The molecule has 0 aliphatic carbocycles. The molecule has 0 fully saturated rings. The maximum atomic E-state index is 4.99. The maximum Gasteiger partial charge on any atom is 0.140 e. The van der Waals surface area contributed by atoms with Gasteiger partial charge in [-0.05, 0) is 60.7 Å². The van der Waals surface area contributed by atoms with E-state index in [1.165, 1.54) is 0 Å². The molecule has 0 atom stereocenters. The van der Waals surface area contributed by atoms with Crippen LogP contribution in [0, 0.1) is 0 Å². The monoisotopic (exact) mass is 516 g/mol. The van der Waals surface area contributed by atoms with Crippen LogP contribution in [0.25, 0.3) is 66.9 Å². The van der Waals surface area contributed by atoms with E-state index >= 15 is 0 Å². The van der Waals surface area contributed by atoms with Crippen LogP contribution in [-0.2, 0) is 7.05 Å². The first-order valence-electron chi connectivity index (χ1n) is 13.3. The number of aromatic nitrogens is 6. The van der Waals surface area contributed by atoms with E-state index in [-0.39, 0.29) is 0 Å². The van der Waals surface area contributed by atoms with E-state index in [0.29, 0.717) is 0 Å². The van der Waals surface area contributed by atoms with Crippen LogP contribution in [0.2, 0.25) is 0 Å².